The number of hydrogen-bond donors (Lipinski definition) is 2. The van der Waals surface area contributed by atoms with E-state index < -0.39 is 34.6 Å². The van der Waals surface area contributed by atoms with E-state index in [0.717, 1.165) is 19.3 Å². The minimum Gasteiger partial charge on any atom is -0.478 e. The van der Waals surface area contributed by atoms with Gasteiger partial charge in [-0.15, -0.1) is 0 Å². The number of nitriles is 1. The molecule has 1 aromatic rings. The van der Waals surface area contributed by atoms with Crippen LogP contribution in [0.2, 0.25) is 0 Å². The highest BCUT2D eigenvalue weighted by Crippen LogP contribution is 2.18. The fourth-order valence-corrected chi connectivity index (χ4v) is 1.51. The number of rotatable bonds is 4. The molecule has 20 heavy (non-hydrogen) atoms. The summed E-state index contributed by atoms with van der Waals surface area (Å²) in [5.74, 6) is -3.84. The fourth-order valence-electron chi connectivity index (χ4n) is 1.51. The Morgan fingerprint density at radius 2 is 1.90 bits per heavy atom. The highest BCUT2D eigenvalue weighted by atomic mass is 16.5. The Morgan fingerprint density at radius 3 is 2.35 bits per heavy atom. The zero-order valence-electron chi connectivity index (χ0n) is 10.3. The quantitative estimate of drug-likeness (QED) is 0.479. The average molecular weight is 275 g/mol. The molecule has 0 bridgehead atoms. The van der Waals surface area contributed by atoms with E-state index in [1.165, 1.54) is 12.1 Å². The molecule has 7 heteroatoms. The Labute approximate surface area is 113 Å². The van der Waals surface area contributed by atoms with Crippen molar-refractivity contribution in [3.63, 3.8) is 0 Å². The third-order valence-corrected chi connectivity index (χ3v) is 2.37. The Hall–Kier alpha value is -3.14. The molecule has 102 valence electrons. The molecule has 2 N–H and O–H groups in total. The monoisotopic (exact) mass is 275 g/mol. The molecule has 0 unspecified atom stereocenters. The van der Waals surface area contributed by atoms with Crippen molar-refractivity contribution >= 4 is 24.0 Å². The van der Waals surface area contributed by atoms with E-state index in [9.17, 15) is 14.4 Å². The van der Waals surface area contributed by atoms with Gasteiger partial charge in [0, 0.05) is 0 Å². The number of carboxylic acids is 2. The van der Waals surface area contributed by atoms with E-state index in [-0.39, 0.29) is 5.56 Å². The molecule has 0 amide bonds. The fraction of sp³-hybridized carbons (Fsp3) is 0.0769. The second-order valence-electron chi connectivity index (χ2n) is 3.54. The molecule has 0 fully saturated rings. The number of nitrogens with zero attached hydrogens (tertiary/aromatic N) is 1. The summed E-state index contributed by atoms with van der Waals surface area (Å²) >= 11 is 0. The first-order chi connectivity index (χ1) is 9.42. The van der Waals surface area contributed by atoms with Crippen molar-refractivity contribution in [2.75, 3.05) is 7.11 Å². The first-order valence-corrected chi connectivity index (χ1v) is 5.22. The van der Waals surface area contributed by atoms with Crippen LogP contribution in [0, 0.1) is 11.3 Å². The van der Waals surface area contributed by atoms with Gasteiger partial charge in [0.25, 0.3) is 0 Å². The van der Waals surface area contributed by atoms with Gasteiger partial charge < -0.3 is 14.9 Å². The maximum absolute atomic E-state index is 11.3. The van der Waals surface area contributed by atoms with Crippen molar-refractivity contribution in [2.24, 2.45) is 0 Å². The van der Waals surface area contributed by atoms with Gasteiger partial charge in [0.2, 0.25) is 0 Å². The molecular formula is C13H9NO6. The van der Waals surface area contributed by atoms with Gasteiger partial charge in [-0.25, -0.2) is 14.4 Å². The number of hydrogen-bond acceptors (Lipinski definition) is 5. The first-order valence-electron chi connectivity index (χ1n) is 5.22. The van der Waals surface area contributed by atoms with Crippen LogP contribution in [0.3, 0.4) is 0 Å². The van der Waals surface area contributed by atoms with Crippen LogP contribution >= 0.6 is 0 Å². The zero-order valence-corrected chi connectivity index (χ0v) is 10.3. The summed E-state index contributed by atoms with van der Waals surface area (Å²) in [5, 5.41) is 26.8. The lowest BCUT2D eigenvalue weighted by atomic mass is 9.99. The van der Waals surface area contributed by atoms with Crippen molar-refractivity contribution in [1.29, 1.82) is 5.26 Å². The third-order valence-electron chi connectivity index (χ3n) is 2.37. The maximum atomic E-state index is 11.3. The maximum Gasteiger partial charge on any atom is 0.348 e. The molecule has 0 aromatic heterocycles. The van der Waals surface area contributed by atoms with Crippen LogP contribution < -0.4 is 0 Å². The second-order valence-corrected chi connectivity index (χ2v) is 3.54. The molecule has 0 aliphatic rings. The van der Waals surface area contributed by atoms with Gasteiger partial charge in [0.15, 0.2) is 0 Å². The summed E-state index contributed by atoms with van der Waals surface area (Å²) in [5.41, 5.74) is -1.44. The number of esters is 1. The normalized spacial score (nSPS) is 10.5. The predicted molar refractivity (Wildman–Crippen MR) is 66.0 cm³/mol. The van der Waals surface area contributed by atoms with Crippen LogP contribution in [-0.2, 0) is 9.53 Å². The largest absolute Gasteiger partial charge is 0.478 e. The predicted octanol–water partition coefficient (Wildman–Crippen LogP) is 1.16. The molecule has 0 saturated carbocycles. The van der Waals surface area contributed by atoms with Gasteiger partial charge in [-0.3, -0.25) is 0 Å². The Morgan fingerprint density at radius 1 is 1.25 bits per heavy atom. The van der Waals surface area contributed by atoms with Crippen molar-refractivity contribution in [3.05, 3.63) is 40.5 Å². The van der Waals surface area contributed by atoms with E-state index in [0.29, 0.717) is 0 Å². The van der Waals surface area contributed by atoms with E-state index in [1.807, 2.05) is 0 Å². The zero-order chi connectivity index (χ0) is 15.3. The molecule has 7 nitrogen and oxygen atoms in total. The van der Waals surface area contributed by atoms with Crippen LogP contribution in [0.5, 0.6) is 0 Å². The molecule has 0 radical (unpaired) electrons. The lowest BCUT2D eigenvalue weighted by Crippen LogP contribution is -2.10. The van der Waals surface area contributed by atoms with Crippen molar-refractivity contribution in [2.45, 2.75) is 0 Å². The summed E-state index contributed by atoms with van der Waals surface area (Å²) in [7, 11) is 1.07. The summed E-state index contributed by atoms with van der Waals surface area (Å²) in [6, 6.07) is 5.28. The molecule has 0 atom stereocenters. The molecule has 0 saturated heterocycles. The highest BCUT2D eigenvalue weighted by molar-refractivity contribution is 6.06. The van der Waals surface area contributed by atoms with E-state index in [2.05, 4.69) is 4.74 Å². The molecule has 0 heterocycles. The minimum atomic E-state index is -1.48. The van der Waals surface area contributed by atoms with Gasteiger partial charge in [-0.2, -0.15) is 5.26 Å². The minimum absolute atomic E-state index is 0.0700. The standard InChI is InChI=1S/C13H9NO6/c1-20-13(19)8(6-14)5-7-3-2-4-9(11(15)16)10(7)12(17)18/h2-5H,1H3,(H,15,16)(H,17,18). The molecule has 0 aliphatic carbocycles. The van der Waals surface area contributed by atoms with Crippen LogP contribution in [0.4, 0.5) is 0 Å². The SMILES string of the molecule is COC(=O)C(C#N)=Cc1cccc(C(=O)O)c1C(=O)O. The highest BCUT2D eigenvalue weighted by Gasteiger charge is 2.20. The van der Waals surface area contributed by atoms with Gasteiger partial charge >= 0.3 is 17.9 Å². The summed E-state index contributed by atoms with van der Waals surface area (Å²) in [6.45, 7) is 0. The third kappa shape index (κ3) is 3.00. The number of carbonyl (C=O) groups is 3. The van der Waals surface area contributed by atoms with Crippen molar-refractivity contribution < 1.29 is 29.3 Å². The first kappa shape index (κ1) is 14.9. The lowest BCUT2D eigenvalue weighted by molar-refractivity contribution is -0.135. The van der Waals surface area contributed by atoms with Crippen LogP contribution in [0.25, 0.3) is 6.08 Å². The number of ether oxygens (including phenoxy) is 1. The molecule has 0 aliphatic heterocycles. The van der Waals surface area contributed by atoms with Gasteiger partial charge in [-0.05, 0) is 17.7 Å². The summed E-state index contributed by atoms with van der Waals surface area (Å²) in [4.78, 5) is 33.4. The molecule has 1 rings (SSSR count). The number of carbonyl (C=O) groups excluding carboxylic acids is 1. The van der Waals surface area contributed by atoms with Gasteiger partial charge in [0.1, 0.15) is 11.6 Å². The Bertz CT molecular complexity index is 653. The van der Waals surface area contributed by atoms with Crippen molar-refractivity contribution in [1.82, 2.24) is 0 Å². The van der Waals surface area contributed by atoms with Crippen molar-refractivity contribution in [3.8, 4) is 6.07 Å². The summed E-state index contributed by atoms with van der Waals surface area (Å²) in [6.07, 6.45) is 0.974. The van der Waals surface area contributed by atoms with Crippen LogP contribution in [-0.4, -0.2) is 35.2 Å². The topological polar surface area (TPSA) is 125 Å². The number of benzene rings is 1. The van der Waals surface area contributed by atoms with E-state index in [4.69, 9.17) is 15.5 Å². The van der Waals surface area contributed by atoms with Gasteiger partial charge in [0.05, 0.1) is 18.2 Å². The van der Waals surface area contributed by atoms with Crippen LogP contribution in [0.1, 0.15) is 26.3 Å². The Kier molecular flexibility index (Phi) is 4.59. The Balaban J connectivity index is 3.54. The summed E-state index contributed by atoms with van der Waals surface area (Å²) < 4.78 is 4.36. The van der Waals surface area contributed by atoms with E-state index in [1.54, 1.807) is 6.07 Å². The smallest absolute Gasteiger partial charge is 0.348 e. The van der Waals surface area contributed by atoms with Crippen LogP contribution in [0.15, 0.2) is 23.8 Å². The average Bonchev–Trinajstić information content (AvgIpc) is 2.43. The number of methoxy groups -OCH3 is 1. The molecule has 1 aromatic carbocycles. The number of carboxylic acid groups (broad SMARTS) is 2. The molecular weight excluding hydrogens is 266 g/mol. The number of aromatic carboxylic acids is 2. The lowest BCUT2D eigenvalue weighted by Gasteiger charge is -2.06. The van der Waals surface area contributed by atoms with Gasteiger partial charge in [-0.1, -0.05) is 12.1 Å². The molecule has 0 spiro atoms. The van der Waals surface area contributed by atoms with E-state index >= 15 is 0 Å². The second kappa shape index (κ2) is 6.15.